The lowest BCUT2D eigenvalue weighted by molar-refractivity contribution is 0.0766. The predicted octanol–water partition coefficient (Wildman–Crippen LogP) is 4.99. The zero-order chi connectivity index (χ0) is 23.8. The minimum atomic E-state index is 0.119. The molecule has 0 atom stereocenters. The van der Waals surface area contributed by atoms with Gasteiger partial charge in [-0.1, -0.05) is 49.6 Å². The highest BCUT2D eigenvalue weighted by atomic mass is 16.2. The number of fused-ring (bicyclic) bond motifs is 3. The molecule has 1 amide bonds. The molecule has 2 aromatic carbocycles. The maximum Gasteiger partial charge on any atom is 0.254 e. The molecule has 0 N–H and O–H groups in total. The summed E-state index contributed by atoms with van der Waals surface area (Å²) in [5, 5.41) is 10.4. The molecular formula is C28H32N6O. The Bertz CT molecular complexity index is 1370. The number of nitrogens with zero attached hydrogens (tertiary/aromatic N) is 6. The highest BCUT2D eigenvalue weighted by Crippen LogP contribution is 2.34. The molecule has 0 unspecified atom stereocenters. The summed E-state index contributed by atoms with van der Waals surface area (Å²) >= 11 is 0. The summed E-state index contributed by atoms with van der Waals surface area (Å²) in [5.74, 6) is 2.50. The van der Waals surface area contributed by atoms with E-state index in [9.17, 15) is 4.79 Å². The van der Waals surface area contributed by atoms with E-state index in [-0.39, 0.29) is 5.91 Å². The average molecular weight is 469 g/mol. The summed E-state index contributed by atoms with van der Waals surface area (Å²) in [6, 6.07) is 16.1. The second-order valence-corrected chi connectivity index (χ2v) is 9.93. The van der Waals surface area contributed by atoms with Gasteiger partial charge in [0.25, 0.3) is 5.91 Å². The van der Waals surface area contributed by atoms with Crippen molar-refractivity contribution < 1.29 is 4.79 Å². The van der Waals surface area contributed by atoms with Gasteiger partial charge in [0.05, 0.1) is 5.52 Å². The van der Waals surface area contributed by atoms with Crippen LogP contribution in [-0.4, -0.2) is 56.6 Å². The molecule has 7 nitrogen and oxygen atoms in total. The fraction of sp³-hybridized carbons (Fsp3) is 0.429. The topological polar surface area (TPSA) is 66.6 Å². The number of aromatic nitrogens is 4. The fourth-order valence-corrected chi connectivity index (χ4v) is 5.73. The van der Waals surface area contributed by atoms with Gasteiger partial charge in [-0.3, -0.25) is 4.79 Å². The van der Waals surface area contributed by atoms with Crippen molar-refractivity contribution in [3.8, 4) is 0 Å². The van der Waals surface area contributed by atoms with Gasteiger partial charge >= 0.3 is 0 Å². The third kappa shape index (κ3) is 4.03. The van der Waals surface area contributed by atoms with Gasteiger partial charge in [-0.2, -0.15) is 0 Å². The number of aryl methyl sites for hydroxylation is 1. The zero-order valence-corrected chi connectivity index (χ0v) is 20.4. The Balaban J connectivity index is 1.37. The fourth-order valence-electron chi connectivity index (χ4n) is 5.73. The van der Waals surface area contributed by atoms with E-state index in [2.05, 4.69) is 26.5 Å². The zero-order valence-electron chi connectivity index (χ0n) is 20.4. The summed E-state index contributed by atoms with van der Waals surface area (Å²) in [5.41, 5.74) is 3.65. The number of carbonyl (C=O) groups is 1. The molecule has 4 aromatic rings. The Morgan fingerprint density at radius 3 is 2.51 bits per heavy atom. The van der Waals surface area contributed by atoms with Crippen molar-refractivity contribution in [2.75, 3.05) is 31.1 Å². The molecule has 6 rings (SSSR count). The van der Waals surface area contributed by atoms with Crippen LogP contribution in [0, 0.1) is 6.92 Å². The second-order valence-electron chi connectivity index (χ2n) is 9.93. The Kier molecular flexibility index (Phi) is 5.84. The van der Waals surface area contributed by atoms with Gasteiger partial charge in [-0.05, 0) is 49.9 Å². The number of amides is 1. The highest BCUT2D eigenvalue weighted by Gasteiger charge is 2.28. The van der Waals surface area contributed by atoms with E-state index >= 15 is 0 Å². The maximum atomic E-state index is 13.3. The van der Waals surface area contributed by atoms with Crippen LogP contribution in [0.2, 0.25) is 0 Å². The minimum absolute atomic E-state index is 0.119. The third-order valence-corrected chi connectivity index (χ3v) is 7.67. The molecule has 1 saturated heterocycles. The van der Waals surface area contributed by atoms with Crippen LogP contribution in [0.4, 0.5) is 5.95 Å². The van der Waals surface area contributed by atoms with E-state index in [0.717, 1.165) is 78.3 Å². The monoisotopic (exact) mass is 468 g/mol. The number of hydrogen-bond donors (Lipinski definition) is 0. The van der Waals surface area contributed by atoms with Crippen molar-refractivity contribution in [2.24, 2.45) is 0 Å². The first kappa shape index (κ1) is 22.0. The quantitative estimate of drug-likeness (QED) is 0.424. The lowest BCUT2D eigenvalue weighted by Gasteiger charge is -2.26. The van der Waals surface area contributed by atoms with Crippen molar-refractivity contribution in [1.29, 1.82) is 0 Å². The molecular weight excluding hydrogens is 436 g/mol. The highest BCUT2D eigenvalue weighted by molar-refractivity contribution is 5.95. The van der Waals surface area contributed by atoms with Crippen LogP contribution < -0.4 is 4.90 Å². The first-order valence-electron chi connectivity index (χ1n) is 12.9. The van der Waals surface area contributed by atoms with E-state index in [1.54, 1.807) is 0 Å². The summed E-state index contributed by atoms with van der Waals surface area (Å²) < 4.78 is 2.22. The minimum Gasteiger partial charge on any atom is -0.340 e. The summed E-state index contributed by atoms with van der Waals surface area (Å²) in [4.78, 5) is 22.8. The van der Waals surface area contributed by atoms with Gasteiger partial charge in [0.1, 0.15) is 5.82 Å². The predicted molar refractivity (Wildman–Crippen MR) is 138 cm³/mol. The Labute approximate surface area is 205 Å². The third-order valence-electron chi connectivity index (χ3n) is 7.67. The second kappa shape index (κ2) is 9.29. The Morgan fingerprint density at radius 1 is 0.857 bits per heavy atom. The normalized spacial score (nSPS) is 17.7. The molecule has 0 spiro atoms. The summed E-state index contributed by atoms with van der Waals surface area (Å²) in [7, 11) is 0. The Hall–Kier alpha value is -3.48. The molecule has 2 fully saturated rings. The molecule has 3 heterocycles. The first-order valence-corrected chi connectivity index (χ1v) is 12.9. The molecule has 0 bridgehead atoms. The number of para-hydroxylation sites is 1. The molecule has 1 saturated carbocycles. The lowest BCUT2D eigenvalue weighted by Crippen LogP contribution is -2.36. The van der Waals surface area contributed by atoms with Crippen molar-refractivity contribution in [3.63, 3.8) is 0 Å². The molecule has 7 heteroatoms. The van der Waals surface area contributed by atoms with Crippen LogP contribution in [0.3, 0.4) is 0 Å². The largest absolute Gasteiger partial charge is 0.340 e. The summed E-state index contributed by atoms with van der Waals surface area (Å²) in [6.07, 6.45) is 7.01. The van der Waals surface area contributed by atoms with Gasteiger partial charge < -0.3 is 9.80 Å². The molecule has 2 aromatic heterocycles. The van der Waals surface area contributed by atoms with Gasteiger partial charge in [0.2, 0.25) is 5.95 Å². The van der Waals surface area contributed by atoms with Crippen molar-refractivity contribution >= 4 is 28.4 Å². The SMILES string of the molecule is Cc1ccccc1C(=O)N1CCCN(c2nc3ccccc3c3nnc(C4CCCCC4)n23)CC1. The van der Waals surface area contributed by atoms with Crippen LogP contribution in [0.1, 0.15) is 66.2 Å². The Morgan fingerprint density at radius 2 is 1.66 bits per heavy atom. The van der Waals surface area contributed by atoms with E-state index in [1.165, 1.54) is 19.3 Å². The van der Waals surface area contributed by atoms with E-state index in [1.807, 2.05) is 48.2 Å². The molecule has 1 aliphatic carbocycles. The molecule has 0 radical (unpaired) electrons. The number of anilines is 1. The maximum absolute atomic E-state index is 13.3. The molecule has 35 heavy (non-hydrogen) atoms. The van der Waals surface area contributed by atoms with Gasteiger partial charge in [0, 0.05) is 43.0 Å². The summed E-state index contributed by atoms with van der Waals surface area (Å²) in [6.45, 7) is 5.01. The van der Waals surface area contributed by atoms with E-state index in [4.69, 9.17) is 10.1 Å². The molecule has 2 aliphatic rings. The van der Waals surface area contributed by atoms with Crippen molar-refractivity contribution in [3.05, 3.63) is 65.5 Å². The van der Waals surface area contributed by atoms with E-state index in [0.29, 0.717) is 12.5 Å². The molecule has 1 aliphatic heterocycles. The van der Waals surface area contributed by atoms with Gasteiger partial charge in [-0.15, -0.1) is 10.2 Å². The van der Waals surface area contributed by atoms with Crippen LogP contribution in [-0.2, 0) is 0 Å². The first-order chi connectivity index (χ1) is 17.2. The van der Waals surface area contributed by atoms with Crippen LogP contribution in [0.15, 0.2) is 48.5 Å². The number of carbonyl (C=O) groups excluding carboxylic acids is 1. The standard InChI is InChI=1S/C28H32N6O/c1-20-10-5-6-13-22(20)27(35)32-16-9-17-33(19-18-32)28-29-24-15-8-7-14-23(24)26-31-30-25(34(26)28)21-11-3-2-4-12-21/h5-8,10,13-15,21H,2-4,9,11-12,16-19H2,1H3. The number of rotatable bonds is 3. The van der Waals surface area contributed by atoms with Crippen molar-refractivity contribution in [1.82, 2.24) is 24.5 Å². The molecule has 180 valence electrons. The van der Waals surface area contributed by atoms with Gasteiger partial charge in [-0.25, -0.2) is 9.38 Å². The van der Waals surface area contributed by atoms with Crippen LogP contribution >= 0.6 is 0 Å². The van der Waals surface area contributed by atoms with Gasteiger partial charge in [0.15, 0.2) is 5.65 Å². The van der Waals surface area contributed by atoms with Crippen LogP contribution in [0.5, 0.6) is 0 Å². The van der Waals surface area contributed by atoms with Crippen LogP contribution in [0.25, 0.3) is 16.6 Å². The number of hydrogen-bond acceptors (Lipinski definition) is 5. The van der Waals surface area contributed by atoms with E-state index < -0.39 is 0 Å². The lowest BCUT2D eigenvalue weighted by atomic mass is 9.89. The van der Waals surface area contributed by atoms with Crippen molar-refractivity contribution in [2.45, 2.75) is 51.4 Å². The average Bonchev–Trinajstić information content (AvgIpc) is 3.20. The smallest absolute Gasteiger partial charge is 0.254 e. The number of benzene rings is 2.